The fourth-order valence-corrected chi connectivity index (χ4v) is 1.99. The summed E-state index contributed by atoms with van der Waals surface area (Å²) in [5, 5.41) is 0. The number of fused-ring (bicyclic) bond motifs is 3. The Balaban J connectivity index is 1.86. The van der Waals surface area contributed by atoms with Gasteiger partial charge in [0, 0.05) is 11.1 Å². The highest BCUT2D eigenvalue weighted by Crippen LogP contribution is 2.44. The van der Waals surface area contributed by atoms with Crippen molar-refractivity contribution in [1.82, 2.24) is 4.98 Å². The molecule has 1 aromatic heterocycles. The lowest BCUT2D eigenvalue weighted by Crippen LogP contribution is -2.01. The first-order chi connectivity index (χ1) is 8.40. The maximum atomic E-state index is 5.79. The molecule has 3 heteroatoms. The maximum Gasteiger partial charge on any atom is 0.264 e. The minimum absolute atomic E-state index is 0.528. The van der Waals surface area contributed by atoms with Crippen LogP contribution in [0.5, 0.6) is 17.4 Å². The van der Waals surface area contributed by atoms with Crippen LogP contribution in [-0.4, -0.2) is 4.98 Å². The lowest BCUT2D eigenvalue weighted by molar-refractivity contribution is 0.304. The molecule has 3 heterocycles. The van der Waals surface area contributed by atoms with Crippen LogP contribution in [0.25, 0.3) is 12.2 Å². The molecule has 2 aromatic rings. The van der Waals surface area contributed by atoms with E-state index in [4.69, 9.17) is 9.47 Å². The Morgan fingerprint density at radius 3 is 3.00 bits per heavy atom. The van der Waals surface area contributed by atoms with Gasteiger partial charge < -0.3 is 9.47 Å². The van der Waals surface area contributed by atoms with Crippen molar-refractivity contribution in [3.05, 3.63) is 47.2 Å². The third-order valence-corrected chi connectivity index (χ3v) is 2.96. The summed E-state index contributed by atoms with van der Waals surface area (Å²) in [5.74, 6) is 2.51. The summed E-state index contributed by atoms with van der Waals surface area (Å²) in [5.41, 5.74) is 3.06. The van der Waals surface area contributed by atoms with Gasteiger partial charge in [-0.15, -0.1) is 0 Å². The number of hydrogen-bond donors (Lipinski definition) is 0. The summed E-state index contributed by atoms with van der Waals surface area (Å²) < 4.78 is 11.0. The zero-order chi connectivity index (χ0) is 11.2. The summed E-state index contributed by atoms with van der Waals surface area (Å²) in [4.78, 5) is 4.39. The van der Waals surface area contributed by atoms with Gasteiger partial charge in [-0.25, -0.2) is 4.98 Å². The van der Waals surface area contributed by atoms with Gasteiger partial charge in [0.25, 0.3) is 5.88 Å². The Hall–Kier alpha value is -2.29. The van der Waals surface area contributed by atoms with Crippen LogP contribution >= 0.6 is 0 Å². The number of rotatable bonds is 0. The monoisotopic (exact) mass is 223 g/mol. The maximum absolute atomic E-state index is 5.79. The van der Waals surface area contributed by atoms with E-state index in [1.807, 2.05) is 42.5 Å². The number of hydrogen-bond acceptors (Lipinski definition) is 3. The van der Waals surface area contributed by atoms with E-state index in [0.717, 1.165) is 34.2 Å². The molecule has 1 aromatic carbocycles. The average molecular weight is 223 g/mol. The molecule has 4 rings (SSSR count). The van der Waals surface area contributed by atoms with Gasteiger partial charge in [0.15, 0.2) is 5.75 Å². The lowest BCUT2D eigenvalue weighted by Gasteiger charge is -2.12. The van der Waals surface area contributed by atoms with Gasteiger partial charge in [0.1, 0.15) is 12.4 Å². The molecule has 2 aliphatic heterocycles. The molecule has 3 nitrogen and oxygen atoms in total. The first kappa shape index (κ1) is 8.82. The van der Waals surface area contributed by atoms with Gasteiger partial charge in [0.05, 0.1) is 5.69 Å². The largest absolute Gasteiger partial charge is 0.488 e. The molecule has 0 bridgehead atoms. The third kappa shape index (κ3) is 1.40. The van der Waals surface area contributed by atoms with E-state index >= 15 is 0 Å². The second kappa shape index (κ2) is 3.10. The topological polar surface area (TPSA) is 34.6 Å². The number of para-hydroxylation sites is 1. The molecule has 0 fully saturated rings. The second-order valence-electron chi connectivity index (χ2n) is 4.10. The van der Waals surface area contributed by atoms with Crippen LogP contribution in [0.3, 0.4) is 0 Å². The van der Waals surface area contributed by atoms with Crippen LogP contribution in [0.1, 0.15) is 16.8 Å². The number of aromatic nitrogens is 1. The Kier molecular flexibility index (Phi) is 1.61. The molecule has 0 spiro atoms. The zero-order valence-corrected chi connectivity index (χ0v) is 9.01. The molecule has 0 radical (unpaired) electrons. The molecule has 0 atom stereocenters. The SMILES string of the molecule is C1=C\c2nc3c(cc2COc2ccccc2/1)O3. The van der Waals surface area contributed by atoms with Crippen molar-refractivity contribution in [1.29, 1.82) is 0 Å². The molecule has 0 aliphatic carbocycles. The van der Waals surface area contributed by atoms with Crippen LogP contribution in [0.4, 0.5) is 0 Å². The Bertz CT molecular complexity index is 647. The van der Waals surface area contributed by atoms with E-state index in [0.29, 0.717) is 6.61 Å². The van der Waals surface area contributed by atoms with Gasteiger partial charge in [-0.2, -0.15) is 0 Å². The van der Waals surface area contributed by atoms with Crippen LogP contribution in [0.15, 0.2) is 30.3 Å². The molecule has 0 saturated heterocycles. The van der Waals surface area contributed by atoms with Crippen molar-refractivity contribution in [3.63, 3.8) is 0 Å². The van der Waals surface area contributed by atoms with Crippen molar-refractivity contribution in [2.24, 2.45) is 0 Å². The van der Waals surface area contributed by atoms with Crippen molar-refractivity contribution in [3.8, 4) is 17.4 Å². The van der Waals surface area contributed by atoms with E-state index in [1.165, 1.54) is 0 Å². The van der Waals surface area contributed by atoms with Gasteiger partial charge in [0.2, 0.25) is 0 Å². The number of pyridine rings is 1. The normalized spacial score (nSPS) is 16.2. The summed E-state index contributed by atoms with van der Waals surface area (Å²) in [6, 6.07) is 9.98. The van der Waals surface area contributed by atoms with Crippen LogP contribution < -0.4 is 9.47 Å². The second-order valence-corrected chi connectivity index (χ2v) is 4.10. The minimum Gasteiger partial charge on any atom is -0.488 e. The first-order valence-electron chi connectivity index (χ1n) is 5.52. The van der Waals surface area contributed by atoms with Crippen LogP contribution in [0, 0.1) is 0 Å². The summed E-state index contributed by atoms with van der Waals surface area (Å²) in [7, 11) is 0. The third-order valence-electron chi connectivity index (χ3n) is 2.96. The smallest absolute Gasteiger partial charge is 0.264 e. The Labute approximate surface area is 98.3 Å². The van der Waals surface area contributed by atoms with Crippen LogP contribution in [-0.2, 0) is 6.61 Å². The highest BCUT2D eigenvalue weighted by Gasteiger charge is 2.25. The molecular formula is C14H9NO2. The summed E-state index contributed by atoms with van der Waals surface area (Å²) in [6.07, 6.45) is 4.04. The van der Waals surface area contributed by atoms with Gasteiger partial charge in [-0.05, 0) is 24.3 Å². The number of nitrogens with zero attached hydrogens (tertiary/aromatic N) is 1. The van der Waals surface area contributed by atoms with Gasteiger partial charge in [-0.3, -0.25) is 0 Å². The van der Waals surface area contributed by atoms with E-state index in [9.17, 15) is 0 Å². The molecule has 0 saturated carbocycles. The molecule has 0 unspecified atom stereocenters. The molecule has 0 N–H and O–H groups in total. The molecular weight excluding hydrogens is 214 g/mol. The van der Waals surface area contributed by atoms with Gasteiger partial charge in [-0.1, -0.05) is 18.2 Å². The summed E-state index contributed by atoms with van der Waals surface area (Å²) >= 11 is 0. The van der Waals surface area contributed by atoms with Crippen molar-refractivity contribution >= 4 is 12.2 Å². The fraction of sp³-hybridized carbons (Fsp3) is 0.0714. The van der Waals surface area contributed by atoms with Crippen molar-refractivity contribution in [2.75, 3.05) is 0 Å². The number of benzene rings is 1. The lowest BCUT2D eigenvalue weighted by atomic mass is 10.1. The predicted molar refractivity (Wildman–Crippen MR) is 64.0 cm³/mol. The van der Waals surface area contributed by atoms with E-state index in [1.54, 1.807) is 0 Å². The van der Waals surface area contributed by atoms with Crippen molar-refractivity contribution < 1.29 is 9.47 Å². The quantitative estimate of drug-likeness (QED) is 0.549. The molecule has 17 heavy (non-hydrogen) atoms. The van der Waals surface area contributed by atoms with E-state index < -0.39 is 0 Å². The minimum atomic E-state index is 0.528. The molecule has 0 amide bonds. The predicted octanol–water partition coefficient (Wildman–Crippen LogP) is 3.25. The zero-order valence-electron chi connectivity index (χ0n) is 9.01. The highest BCUT2D eigenvalue weighted by atomic mass is 16.6. The first-order valence-corrected chi connectivity index (χ1v) is 5.52. The average Bonchev–Trinajstić information content (AvgIpc) is 3.09. The number of ether oxygens (including phenoxy) is 2. The fourth-order valence-electron chi connectivity index (χ4n) is 1.99. The van der Waals surface area contributed by atoms with E-state index in [2.05, 4.69) is 4.98 Å². The molecule has 82 valence electrons. The van der Waals surface area contributed by atoms with E-state index in [-0.39, 0.29) is 0 Å². The Morgan fingerprint density at radius 2 is 2.00 bits per heavy atom. The Morgan fingerprint density at radius 1 is 1.06 bits per heavy atom. The van der Waals surface area contributed by atoms with Crippen molar-refractivity contribution in [2.45, 2.75) is 6.61 Å². The standard InChI is InChI=1S/C14H9NO2/c1-2-4-12-9(3-1)5-6-11-10(8-16-12)7-13-14(15-11)17-13/h1-7H,8H2/b6-5-. The summed E-state index contributed by atoms with van der Waals surface area (Å²) in [6.45, 7) is 0.528. The van der Waals surface area contributed by atoms with Gasteiger partial charge >= 0.3 is 0 Å². The van der Waals surface area contributed by atoms with Crippen LogP contribution in [0.2, 0.25) is 0 Å². The molecule has 2 aliphatic rings. The highest BCUT2D eigenvalue weighted by molar-refractivity contribution is 5.74.